The topological polar surface area (TPSA) is 28.2 Å². The summed E-state index contributed by atoms with van der Waals surface area (Å²) in [6.45, 7) is 1.54. The van der Waals surface area contributed by atoms with Crippen LogP contribution >= 0.6 is 0 Å². The summed E-state index contributed by atoms with van der Waals surface area (Å²) in [5.74, 6) is 0.00806. The third-order valence-electron chi connectivity index (χ3n) is 3.01. The monoisotopic (exact) mass is 245 g/mol. The molecule has 17 heavy (non-hydrogen) atoms. The van der Waals surface area contributed by atoms with Gasteiger partial charge in [-0.3, -0.25) is 0 Å². The van der Waals surface area contributed by atoms with E-state index in [2.05, 4.69) is 10.3 Å². The fraction of sp³-hybridized carbons (Fsp3) is 0.545. The first-order valence-corrected chi connectivity index (χ1v) is 5.46. The predicted octanol–water partition coefficient (Wildman–Crippen LogP) is 1.90. The first-order chi connectivity index (χ1) is 8.00. The normalized spacial score (nSPS) is 20.6. The van der Waals surface area contributed by atoms with Gasteiger partial charge in [0.2, 0.25) is 0 Å². The van der Waals surface area contributed by atoms with E-state index in [1.165, 1.54) is 12.3 Å². The molecule has 0 spiro atoms. The maximum atomic E-state index is 12.8. The molecule has 0 aliphatic carbocycles. The number of alkyl halides is 3. The van der Waals surface area contributed by atoms with Gasteiger partial charge in [0.15, 0.2) is 0 Å². The molecule has 1 aliphatic rings. The molecule has 94 valence electrons. The van der Waals surface area contributed by atoms with Crippen molar-refractivity contribution in [3.8, 4) is 0 Å². The second-order valence-electron chi connectivity index (χ2n) is 4.13. The fourth-order valence-corrected chi connectivity index (χ4v) is 2.04. The Labute approximate surface area is 97.6 Å². The zero-order valence-electron chi connectivity index (χ0n) is 9.46. The van der Waals surface area contributed by atoms with Crippen LogP contribution in [-0.4, -0.2) is 31.2 Å². The fourth-order valence-electron chi connectivity index (χ4n) is 2.04. The van der Waals surface area contributed by atoms with Gasteiger partial charge in [0, 0.05) is 25.8 Å². The average molecular weight is 245 g/mol. The number of anilines is 1. The first-order valence-electron chi connectivity index (χ1n) is 5.46. The third kappa shape index (κ3) is 2.52. The van der Waals surface area contributed by atoms with E-state index in [1.807, 2.05) is 0 Å². The quantitative estimate of drug-likeness (QED) is 0.862. The van der Waals surface area contributed by atoms with Gasteiger partial charge in [-0.25, -0.2) is 4.98 Å². The molecule has 1 N–H and O–H groups in total. The molecule has 1 aliphatic heterocycles. The van der Waals surface area contributed by atoms with Crippen molar-refractivity contribution < 1.29 is 13.2 Å². The number of nitrogens with zero attached hydrogens (tertiary/aromatic N) is 2. The van der Waals surface area contributed by atoms with Crippen LogP contribution in [0.2, 0.25) is 0 Å². The summed E-state index contributed by atoms with van der Waals surface area (Å²) in [6.07, 6.45) is -2.13. The van der Waals surface area contributed by atoms with Crippen molar-refractivity contribution in [3.63, 3.8) is 0 Å². The number of pyridine rings is 1. The number of hydrogen-bond acceptors (Lipinski definition) is 3. The van der Waals surface area contributed by atoms with Gasteiger partial charge < -0.3 is 10.2 Å². The molecule has 0 amide bonds. The molecule has 2 rings (SSSR count). The smallest absolute Gasteiger partial charge is 0.355 e. The summed E-state index contributed by atoms with van der Waals surface area (Å²) in [5.41, 5.74) is -0.672. The third-order valence-corrected chi connectivity index (χ3v) is 3.01. The SMILES string of the molecule is CN(c1ncccc1C(F)(F)F)C1CCNC1. The van der Waals surface area contributed by atoms with Crippen LogP contribution in [0.1, 0.15) is 12.0 Å². The van der Waals surface area contributed by atoms with E-state index in [9.17, 15) is 13.2 Å². The molecular formula is C11H14F3N3. The van der Waals surface area contributed by atoms with Crippen molar-refractivity contribution in [3.05, 3.63) is 23.9 Å². The van der Waals surface area contributed by atoms with E-state index < -0.39 is 11.7 Å². The molecule has 6 heteroatoms. The van der Waals surface area contributed by atoms with Gasteiger partial charge in [-0.2, -0.15) is 13.2 Å². The summed E-state index contributed by atoms with van der Waals surface area (Å²) >= 11 is 0. The van der Waals surface area contributed by atoms with E-state index in [0.29, 0.717) is 6.54 Å². The number of rotatable bonds is 2. The van der Waals surface area contributed by atoms with Gasteiger partial charge in [-0.1, -0.05) is 0 Å². The highest BCUT2D eigenvalue weighted by atomic mass is 19.4. The van der Waals surface area contributed by atoms with Crippen molar-refractivity contribution in [1.29, 1.82) is 0 Å². The van der Waals surface area contributed by atoms with Crippen molar-refractivity contribution in [1.82, 2.24) is 10.3 Å². The molecule has 2 heterocycles. The molecule has 0 aromatic carbocycles. The lowest BCUT2D eigenvalue weighted by Crippen LogP contribution is -2.35. The van der Waals surface area contributed by atoms with Crippen LogP contribution in [0.3, 0.4) is 0 Å². The molecular weight excluding hydrogens is 231 g/mol. The summed E-state index contributed by atoms with van der Waals surface area (Å²) < 4.78 is 38.4. The van der Waals surface area contributed by atoms with Gasteiger partial charge in [0.05, 0.1) is 5.56 Å². The predicted molar refractivity (Wildman–Crippen MR) is 58.9 cm³/mol. The second-order valence-corrected chi connectivity index (χ2v) is 4.13. The van der Waals surface area contributed by atoms with Crippen LogP contribution in [0.25, 0.3) is 0 Å². The summed E-state index contributed by atoms with van der Waals surface area (Å²) in [7, 11) is 1.66. The van der Waals surface area contributed by atoms with Gasteiger partial charge >= 0.3 is 6.18 Å². The minimum absolute atomic E-state index is 0.00806. The molecule has 0 saturated carbocycles. The van der Waals surface area contributed by atoms with Crippen LogP contribution in [0, 0.1) is 0 Å². The van der Waals surface area contributed by atoms with Gasteiger partial charge in [-0.15, -0.1) is 0 Å². The molecule has 1 fully saturated rings. The van der Waals surface area contributed by atoms with Crippen molar-refractivity contribution in [2.75, 3.05) is 25.0 Å². The second kappa shape index (κ2) is 4.52. The maximum Gasteiger partial charge on any atom is 0.419 e. The standard InChI is InChI=1S/C11H14F3N3/c1-17(8-4-6-15-7-8)10-9(11(12,13)14)3-2-5-16-10/h2-3,5,8,15H,4,6-7H2,1H3. The van der Waals surface area contributed by atoms with Crippen LogP contribution in [-0.2, 0) is 6.18 Å². The summed E-state index contributed by atoms with van der Waals surface area (Å²) in [6, 6.07) is 2.46. The molecule has 1 unspecified atom stereocenters. The number of nitrogens with one attached hydrogen (secondary N) is 1. The van der Waals surface area contributed by atoms with E-state index in [0.717, 1.165) is 19.0 Å². The molecule has 1 saturated heterocycles. The Morgan fingerprint density at radius 2 is 2.24 bits per heavy atom. The number of hydrogen-bond donors (Lipinski definition) is 1. The lowest BCUT2D eigenvalue weighted by atomic mass is 10.2. The first kappa shape index (κ1) is 12.2. The zero-order chi connectivity index (χ0) is 12.5. The van der Waals surface area contributed by atoms with Gasteiger partial charge in [0.25, 0.3) is 0 Å². The van der Waals surface area contributed by atoms with Gasteiger partial charge in [0.1, 0.15) is 5.82 Å². The van der Waals surface area contributed by atoms with Crippen LogP contribution in [0.15, 0.2) is 18.3 Å². The number of aromatic nitrogens is 1. The van der Waals surface area contributed by atoms with Crippen molar-refractivity contribution >= 4 is 5.82 Å². The minimum atomic E-state index is -4.36. The Balaban J connectivity index is 2.31. The van der Waals surface area contributed by atoms with E-state index in [4.69, 9.17) is 0 Å². The Bertz CT molecular complexity index is 386. The Kier molecular flexibility index (Phi) is 3.24. The highest BCUT2D eigenvalue weighted by molar-refractivity contribution is 5.48. The minimum Gasteiger partial charge on any atom is -0.355 e. The molecule has 0 bridgehead atoms. The largest absolute Gasteiger partial charge is 0.419 e. The molecule has 1 aromatic rings. The average Bonchev–Trinajstić information content (AvgIpc) is 2.80. The van der Waals surface area contributed by atoms with Crippen LogP contribution in [0.5, 0.6) is 0 Å². The number of halogens is 3. The highest BCUT2D eigenvalue weighted by Gasteiger charge is 2.36. The van der Waals surface area contributed by atoms with E-state index >= 15 is 0 Å². The van der Waals surface area contributed by atoms with Crippen molar-refractivity contribution in [2.24, 2.45) is 0 Å². The Morgan fingerprint density at radius 3 is 2.82 bits per heavy atom. The molecule has 1 atom stereocenters. The molecule has 3 nitrogen and oxygen atoms in total. The Hall–Kier alpha value is -1.30. The van der Waals surface area contributed by atoms with Crippen LogP contribution < -0.4 is 10.2 Å². The van der Waals surface area contributed by atoms with Gasteiger partial charge in [-0.05, 0) is 25.1 Å². The molecule has 1 aromatic heterocycles. The summed E-state index contributed by atoms with van der Waals surface area (Å²) in [5, 5.41) is 3.13. The number of likely N-dealkylation sites (N-methyl/N-ethyl adjacent to an activating group) is 1. The summed E-state index contributed by atoms with van der Waals surface area (Å²) in [4.78, 5) is 5.48. The van der Waals surface area contributed by atoms with Crippen molar-refractivity contribution in [2.45, 2.75) is 18.6 Å². The zero-order valence-corrected chi connectivity index (χ0v) is 9.46. The lowest BCUT2D eigenvalue weighted by Gasteiger charge is -2.27. The van der Waals surface area contributed by atoms with E-state index in [-0.39, 0.29) is 11.9 Å². The lowest BCUT2D eigenvalue weighted by molar-refractivity contribution is -0.137. The van der Waals surface area contributed by atoms with E-state index in [1.54, 1.807) is 11.9 Å². The highest BCUT2D eigenvalue weighted by Crippen LogP contribution is 2.35. The molecule has 0 radical (unpaired) electrons. The van der Waals surface area contributed by atoms with Crippen LogP contribution in [0.4, 0.5) is 19.0 Å². The Morgan fingerprint density at radius 1 is 1.47 bits per heavy atom. The maximum absolute atomic E-state index is 12.8.